The summed E-state index contributed by atoms with van der Waals surface area (Å²) in [6, 6.07) is 12.4. The maximum absolute atomic E-state index is 13.6. The third kappa shape index (κ3) is 5.32. The second kappa shape index (κ2) is 10.2. The minimum Gasteiger partial charge on any atom is -0.426 e. The van der Waals surface area contributed by atoms with Crippen molar-refractivity contribution in [1.29, 1.82) is 0 Å². The lowest BCUT2D eigenvalue weighted by Gasteiger charge is -2.29. The fourth-order valence-electron chi connectivity index (χ4n) is 3.86. The molecule has 0 aliphatic carbocycles. The van der Waals surface area contributed by atoms with Crippen molar-refractivity contribution in [3.63, 3.8) is 0 Å². The fraction of sp³-hybridized carbons (Fsp3) is 0.360. The molecule has 0 spiro atoms. The van der Waals surface area contributed by atoms with Gasteiger partial charge in [0.15, 0.2) is 0 Å². The van der Waals surface area contributed by atoms with Gasteiger partial charge in [0.25, 0.3) is 0 Å². The van der Waals surface area contributed by atoms with Gasteiger partial charge < -0.3 is 15.0 Å². The number of amides is 1. The van der Waals surface area contributed by atoms with Crippen LogP contribution < -0.4 is 15.0 Å². The topological polar surface area (TPSA) is 58.6 Å². The average Bonchev–Trinajstić information content (AvgIpc) is 2.75. The normalized spacial score (nSPS) is 17.9. The van der Waals surface area contributed by atoms with Crippen LogP contribution in [0.1, 0.15) is 37.8 Å². The molecule has 0 bridgehead atoms. The largest absolute Gasteiger partial charge is 0.426 e. The first-order chi connectivity index (χ1) is 14.9. The minimum atomic E-state index is -0.538. The number of ether oxygens (including phenoxy) is 1. The van der Waals surface area contributed by atoms with Gasteiger partial charge >= 0.3 is 5.97 Å². The number of nitrogens with zero attached hydrogens (tertiary/aromatic N) is 1. The number of halogens is 1. The molecule has 1 amide bonds. The Morgan fingerprint density at radius 3 is 2.65 bits per heavy atom. The van der Waals surface area contributed by atoms with Crippen LogP contribution in [0.15, 0.2) is 54.6 Å². The molecule has 5 nitrogen and oxygen atoms in total. The van der Waals surface area contributed by atoms with Crippen LogP contribution in [0.4, 0.5) is 10.1 Å². The van der Waals surface area contributed by atoms with Crippen molar-refractivity contribution in [3.8, 4) is 5.75 Å². The molecule has 3 rings (SSSR count). The van der Waals surface area contributed by atoms with E-state index in [-0.39, 0.29) is 23.6 Å². The number of carbonyl (C=O) groups is 2. The van der Waals surface area contributed by atoms with Crippen molar-refractivity contribution < 1.29 is 18.7 Å². The van der Waals surface area contributed by atoms with Crippen LogP contribution >= 0.6 is 0 Å². The molecule has 6 heteroatoms. The van der Waals surface area contributed by atoms with Gasteiger partial charge in [-0.25, -0.2) is 4.39 Å². The number of rotatable bonds is 8. The molecule has 164 valence electrons. The molecule has 1 aliphatic heterocycles. The predicted molar refractivity (Wildman–Crippen MR) is 120 cm³/mol. The number of carbonyl (C=O) groups excluding carboxylic acids is 2. The van der Waals surface area contributed by atoms with Crippen LogP contribution in [0.5, 0.6) is 5.75 Å². The van der Waals surface area contributed by atoms with Gasteiger partial charge in [-0.3, -0.25) is 9.59 Å². The highest BCUT2D eigenvalue weighted by atomic mass is 19.1. The molecule has 0 saturated heterocycles. The molecule has 1 aliphatic rings. The predicted octanol–water partition coefficient (Wildman–Crippen LogP) is 4.23. The Bertz CT molecular complexity index is 969. The molecule has 1 heterocycles. The van der Waals surface area contributed by atoms with Gasteiger partial charge in [0.2, 0.25) is 5.91 Å². The Balaban J connectivity index is 1.62. The lowest BCUT2D eigenvalue weighted by Crippen LogP contribution is -2.30. The molecule has 0 aromatic heterocycles. The van der Waals surface area contributed by atoms with E-state index in [1.165, 1.54) is 12.1 Å². The second-order valence-electron chi connectivity index (χ2n) is 7.62. The summed E-state index contributed by atoms with van der Waals surface area (Å²) >= 11 is 0. The molecule has 0 radical (unpaired) electrons. The lowest BCUT2D eigenvalue weighted by molar-refractivity contribution is -0.139. The fourth-order valence-corrected chi connectivity index (χ4v) is 3.86. The maximum atomic E-state index is 13.6. The SMILES string of the molecule is CCN(CC)c1ccc2c(c1)OC(=O)C(/C=C/C(=O)NCCc1ccccc1F)C2C. The first-order valence-corrected chi connectivity index (χ1v) is 10.7. The molecular weight excluding hydrogens is 395 g/mol. The highest BCUT2D eigenvalue weighted by Gasteiger charge is 2.33. The Morgan fingerprint density at radius 2 is 1.94 bits per heavy atom. The van der Waals surface area contributed by atoms with Gasteiger partial charge in [0, 0.05) is 37.3 Å². The molecule has 31 heavy (non-hydrogen) atoms. The van der Waals surface area contributed by atoms with Crippen LogP contribution in [0.3, 0.4) is 0 Å². The molecule has 2 atom stereocenters. The van der Waals surface area contributed by atoms with E-state index in [1.54, 1.807) is 24.3 Å². The van der Waals surface area contributed by atoms with Crippen LogP contribution in [-0.4, -0.2) is 31.5 Å². The summed E-state index contributed by atoms with van der Waals surface area (Å²) < 4.78 is 19.2. The molecule has 0 saturated carbocycles. The quantitative estimate of drug-likeness (QED) is 0.392. The number of esters is 1. The first kappa shape index (κ1) is 22.5. The van der Waals surface area contributed by atoms with E-state index in [2.05, 4.69) is 24.1 Å². The lowest BCUT2D eigenvalue weighted by atomic mass is 9.84. The molecule has 2 unspecified atom stereocenters. The smallest absolute Gasteiger partial charge is 0.318 e. The zero-order valence-corrected chi connectivity index (χ0v) is 18.2. The number of nitrogens with one attached hydrogen (secondary N) is 1. The minimum absolute atomic E-state index is 0.107. The Morgan fingerprint density at radius 1 is 1.19 bits per heavy atom. The summed E-state index contributed by atoms with van der Waals surface area (Å²) in [6.07, 6.45) is 3.35. The summed E-state index contributed by atoms with van der Waals surface area (Å²) in [7, 11) is 0. The van der Waals surface area contributed by atoms with Crippen molar-refractivity contribution in [3.05, 3.63) is 71.6 Å². The van der Waals surface area contributed by atoms with Crippen LogP contribution in [-0.2, 0) is 16.0 Å². The first-order valence-electron chi connectivity index (χ1n) is 10.7. The van der Waals surface area contributed by atoms with Gasteiger partial charge in [-0.2, -0.15) is 0 Å². The standard InChI is InChI=1S/C25H29FN2O3/c1-4-28(5-2)19-10-11-20-17(3)21(25(30)31-23(20)16-19)12-13-24(29)27-15-14-18-8-6-7-9-22(18)26/h6-13,16-17,21H,4-5,14-15H2,1-3H3,(H,27,29)/b13-12+. The van der Waals surface area contributed by atoms with Gasteiger partial charge in [-0.1, -0.05) is 37.3 Å². The highest BCUT2D eigenvalue weighted by Crippen LogP contribution is 2.40. The van der Waals surface area contributed by atoms with Crippen molar-refractivity contribution >= 4 is 17.6 Å². The van der Waals surface area contributed by atoms with Crippen molar-refractivity contribution in [2.45, 2.75) is 33.1 Å². The highest BCUT2D eigenvalue weighted by molar-refractivity contribution is 5.89. The van der Waals surface area contributed by atoms with E-state index in [0.29, 0.717) is 24.3 Å². The molecule has 2 aromatic carbocycles. The number of anilines is 1. The van der Waals surface area contributed by atoms with Crippen LogP contribution in [0, 0.1) is 11.7 Å². The molecule has 0 fully saturated rings. The van der Waals surface area contributed by atoms with Gasteiger partial charge in [-0.15, -0.1) is 0 Å². The number of benzene rings is 2. The zero-order valence-electron chi connectivity index (χ0n) is 18.2. The third-order valence-corrected chi connectivity index (χ3v) is 5.74. The van der Waals surface area contributed by atoms with E-state index in [1.807, 2.05) is 25.1 Å². The molecule has 1 N–H and O–H groups in total. The van der Waals surface area contributed by atoms with E-state index < -0.39 is 5.92 Å². The number of hydrogen-bond donors (Lipinski definition) is 1. The Labute approximate surface area is 182 Å². The van der Waals surface area contributed by atoms with Crippen LogP contribution in [0.2, 0.25) is 0 Å². The van der Waals surface area contributed by atoms with Gasteiger partial charge in [0.1, 0.15) is 11.6 Å². The molecular formula is C25H29FN2O3. The summed E-state index contributed by atoms with van der Waals surface area (Å²) in [5.74, 6) is -1.03. The monoisotopic (exact) mass is 424 g/mol. The van der Waals surface area contributed by atoms with Gasteiger partial charge in [-0.05, 0) is 49.6 Å². The average molecular weight is 425 g/mol. The van der Waals surface area contributed by atoms with Crippen LogP contribution in [0.25, 0.3) is 0 Å². The summed E-state index contributed by atoms with van der Waals surface area (Å²) in [5, 5.41) is 2.73. The van der Waals surface area contributed by atoms with Crippen molar-refractivity contribution in [2.75, 3.05) is 24.5 Å². The van der Waals surface area contributed by atoms with Crippen molar-refractivity contribution in [1.82, 2.24) is 5.32 Å². The number of fused-ring (bicyclic) bond motifs is 1. The van der Waals surface area contributed by atoms with Crippen molar-refractivity contribution in [2.24, 2.45) is 5.92 Å². The van der Waals surface area contributed by atoms with E-state index in [9.17, 15) is 14.0 Å². The van der Waals surface area contributed by atoms with Gasteiger partial charge in [0.05, 0.1) is 5.92 Å². The Kier molecular flexibility index (Phi) is 7.45. The molecule has 2 aromatic rings. The van der Waals surface area contributed by atoms with E-state index in [4.69, 9.17) is 4.74 Å². The summed E-state index contributed by atoms with van der Waals surface area (Å²) in [6.45, 7) is 8.18. The second-order valence-corrected chi connectivity index (χ2v) is 7.62. The summed E-state index contributed by atoms with van der Waals surface area (Å²) in [5.41, 5.74) is 2.52. The van der Waals surface area contributed by atoms with E-state index in [0.717, 1.165) is 24.3 Å². The Hall–Kier alpha value is -3.15. The summed E-state index contributed by atoms with van der Waals surface area (Å²) in [4.78, 5) is 26.9. The third-order valence-electron chi connectivity index (χ3n) is 5.74. The number of hydrogen-bond acceptors (Lipinski definition) is 4. The van der Waals surface area contributed by atoms with E-state index >= 15 is 0 Å². The zero-order chi connectivity index (χ0) is 22.4. The maximum Gasteiger partial charge on any atom is 0.318 e.